The number of benzene rings is 2. The molecule has 5 rings (SSSR count). The van der Waals surface area contributed by atoms with E-state index in [0.717, 1.165) is 43.8 Å². The average Bonchev–Trinajstić information content (AvgIpc) is 3.55. The number of hydrogen-bond acceptors (Lipinski definition) is 6. The van der Waals surface area contributed by atoms with E-state index in [1.165, 1.54) is 48.8 Å². The summed E-state index contributed by atoms with van der Waals surface area (Å²) in [5.74, 6) is 0.461. The smallest absolute Gasteiger partial charge is 0.234 e. The summed E-state index contributed by atoms with van der Waals surface area (Å²) in [7, 11) is 0. The van der Waals surface area contributed by atoms with Crippen molar-refractivity contribution in [2.75, 3.05) is 35.7 Å². The van der Waals surface area contributed by atoms with E-state index < -0.39 is 0 Å². The van der Waals surface area contributed by atoms with Crippen molar-refractivity contribution in [3.8, 4) is 11.4 Å². The van der Waals surface area contributed by atoms with Crippen LogP contribution < -0.4 is 10.2 Å². The van der Waals surface area contributed by atoms with Crippen molar-refractivity contribution >= 4 is 29.0 Å². The third kappa shape index (κ3) is 6.02. The van der Waals surface area contributed by atoms with Gasteiger partial charge < -0.3 is 15.0 Å². The normalized spacial score (nSPS) is 18.1. The lowest BCUT2D eigenvalue weighted by Gasteiger charge is -2.28. The number of nitrogens with zero attached hydrogens (tertiary/aromatic N) is 4. The van der Waals surface area contributed by atoms with Crippen LogP contribution in [0.4, 0.5) is 15.8 Å². The predicted octanol–water partition coefficient (Wildman–Crippen LogP) is 4.98. The number of hydrogen-bond donors (Lipinski definition) is 1. The van der Waals surface area contributed by atoms with E-state index in [2.05, 4.69) is 32.5 Å². The van der Waals surface area contributed by atoms with Gasteiger partial charge in [-0.05, 0) is 80.6 Å². The molecule has 0 radical (unpaired) electrons. The van der Waals surface area contributed by atoms with Gasteiger partial charge in [0.25, 0.3) is 0 Å². The van der Waals surface area contributed by atoms with E-state index in [0.29, 0.717) is 17.5 Å². The zero-order valence-electron chi connectivity index (χ0n) is 19.7. The van der Waals surface area contributed by atoms with Gasteiger partial charge in [-0.2, -0.15) is 0 Å². The van der Waals surface area contributed by atoms with Gasteiger partial charge in [-0.1, -0.05) is 11.8 Å². The topological polar surface area (TPSA) is 72.3 Å². The Hall–Kier alpha value is -2.91. The Labute approximate surface area is 209 Å². The molecular formula is C26H30FN5O2S. The minimum atomic E-state index is -0.297. The van der Waals surface area contributed by atoms with Crippen molar-refractivity contribution in [1.29, 1.82) is 0 Å². The van der Waals surface area contributed by atoms with Crippen LogP contribution in [0.25, 0.3) is 11.4 Å². The Morgan fingerprint density at radius 2 is 1.80 bits per heavy atom. The molecule has 1 N–H and O–H groups in total. The van der Waals surface area contributed by atoms with Crippen LogP contribution >= 0.6 is 11.8 Å². The summed E-state index contributed by atoms with van der Waals surface area (Å²) in [5.41, 5.74) is 2.76. The molecule has 0 saturated carbocycles. The minimum absolute atomic E-state index is 0.0804. The highest BCUT2D eigenvalue weighted by Gasteiger charge is 2.22. The van der Waals surface area contributed by atoms with E-state index in [1.54, 1.807) is 12.1 Å². The molecule has 9 heteroatoms. The summed E-state index contributed by atoms with van der Waals surface area (Å²) in [6, 6.07) is 14.3. The molecule has 0 spiro atoms. The van der Waals surface area contributed by atoms with Crippen LogP contribution in [0, 0.1) is 5.82 Å². The molecule has 1 aromatic heterocycles. The van der Waals surface area contributed by atoms with Gasteiger partial charge in [0.1, 0.15) is 5.82 Å². The van der Waals surface area contributed by atoms with Crippen molar-refractivity contribution in [2.45, 2.75) is 49.9 Å². The van der Waals surface area contributed by atoms with Crippen LogP contribution in [-0.4, -0.2) is 52.2 Å². The quantitative estimate of drug-likeness (QED) is 0.444. The number of halogens is 1. The van der Waals surface area contributed by atoms with Gasteiger partial charge in [0.2, 0.25) is 5.91 Å². The Morgan fingerprint density at radius 1 is 1.03 bits per heavy atom. The first-order valence-corrected chi connectivity index (χ1v) is 13.2. The molecule has 2 saturated heterocycles. The maximum absolute atomic E-state index is 13.4. The molecule has 2 aliphatic rings. The van der Waals surface area contributed by atoms with E-state index in [4.69, 9.17) is 4.74 Å². The molecule has 1 unspecified atom stereocenters. The number of aromatic nitrogens is 3. The largest absolute Gasteiger partial charge is 0.376 e. The molecule has 184 valence electrons. The van der Waals surface area contributed by atoms with Crippen molar-refractivity contribution in [2.24, 2.45) is 0 Å². The van der Waals surface area contributed by atoms with Gasteiger partial charge >= 0.3 is 0 Å². The number of rotatable bonds is 8. The average molecular weight is 496 g/mol. The van der Waals surface area contributed by atoms with E-state index in [-0.39, 0.29) is 23.6 Å². The highest BCUT2D eigenvalue weighted by molar-refractivity contribution is 7.99. The molecule has 2 aromatic carbocycles. The summed E-state index contributed by atoms with van der Waals surface area (Å²) in [6.07, 6.45) is 5.84. The first-order valence-electron chi connectivity index (χ1n) is 12.2. The summed E-state index contributed by atoms with van der Waals surface area (Å²) in [5, 5.41) is 12.3. The van der Waals surface area contributed by atoms with Crippen molar-refractivity contribution in [1.82, 2.24) is 14.8 Å². The lowest BCUT2D eigenvalue weighted by atomic mass is 10.1. The predicted molar refractivity (Wildman–Crippen MR) is 136 cm³/mol. The molecule has 2 aliphatic heterocycles. The molecular weight excluding hydrogens is 465 g/mol. The van der Waals surface area contributed by atoms with Gasteiger partial charge in [0, 0.05) is 36.6 Å². The molecule has 0 aliphatic carbocycles. The molecule has 3 heterocycles. The van der Waals surface area contributed by atoms with Crippen molar-refractivity contribution < 1.29 is 13.9 Å². The van der Waals surface area contributed by atoms with Crippen molar-refractivity contribution in [3.63, 3.8) is 0 Å². The molecule has 1 atom stereocenters. The zero-order chi connectivity index (χ0) is 24.0. The lowest BCUT2D eigenvalue weighted by Crippen LogP contribution is -2.29. The zero-order valence-corrected chi connectivity index (χ0v) is 20.5. The highest BCUT2D eigenvalue weighted by Crippen LogP contribution is 2.27. The number of amides is 1. The Balaban J connectivity index is 1.23. The molecule has 3 aromatic rings. The molecule has 7 nitrogen and oxygen atoms in total. The standard InChI is InChI=1S/C26H30FN5O2S/c27-20-8-6-19(7-9-20)25-29-30-26(32(25)17-23-5-4-16-34-23)35-18-24(33)28-21-10-12-22(13-11-21)31-14-2-1-3-15-31/h6-13,23H,1-5,14-18H2,(H,28,33). The van der Waals surface area contributed by atoms with E-state index >= 15 is 0 Å². The molecule has 2 fully saturated rings. The van der Waals surface area contributed by atoms with Gasteiger partial charge in [-0.15, -0.1) is 10.2 Å². The fraction of sp³-hybridized carbons (Fsp3) is 0.423. The molecule has 0 bridgehead atoms. The van der Waals surface area contributed by atoms with Gasteiger partial charge in [0.15, 0.2) is 11.0 Å². The number of anilines is 2. The van der Waals surface area contributed by atoms with Crippen LogP contribution in [0.5, 0.6) is 0 Å². The third-order valence-corrected chi connectivity index (χ3v) is 7.40. The number of thioether (sulfide) groups is 1. The number of piperidine rings is 1. The highest BCUT2D eigenvalue weighted by atomic mass is 32.2. The second kappa shape index (κ2) is 11.2. The van der Waals surface area contributed by atoms with Crippen LogP contribution in [0.2, 0.25) is 0 Å². The Morgan fingerprint density at radius 3 is 2.51 bits per heavy atom. The number of carbonyl (C=O) groups is 1. The number of carbonyl (C=O) groups excluding carboxylic acids is 1. The Bertz CT molecular complexity index is 1120. The van der Waals surface area contributed by atoms with Crippen LogP contribution in [0.3, 0.4) is 0 Å². The third-order valence-electron chi connectivity index (χ3n) is 6.43. The lowest BCUT2D eigenvalue weighted by molar-refractivity contribution is -0.113. The molecule has 35 heavy (non-hydrogen) atoms. The number of nitrogens with one attached hydrogen (secondary N) is 1. The SMILES string of the molecule is O=C(CSc1nnc(-c2ccc(F)cc2)n1CC1CCCO1)Nc1ccc(N2CCCCC2)cc1. The summed E-state index contributed by atoms with van der Waals surface area (Å²) in [4.78, 5) is 15.1. The van der Waals surface area contributed by atoms with Crippen LogP contribution in [-0.2, 0) is 16.1 Å². The van der Waals surface area contributed by atoms with Gasteiger partial charge in [0.05, 0.1) is 18.4 Å². The summed E-state index contributed by atoms with van der Waals surface area (Å²) < 4.78 is 21.2. The first kappa shape index (κ1) is 23.8. The maximum atomic E-state index is 13.4. The maximum Gasteiger partial charge on any atom is 0.234 e. The fourth-order valence-corrected chi connectivity index (χ4v) is 5.35. The van der Waals surface area contributed by atoms with Crippen LogP contribution in [0.15, 0.2) is 53.7 Å². The van der Waals surface area contributed by atoms with Gasteiger partial charge in [-0.3, -0.25) is 9.36 Å². The minimum Gasteiger partial charge on any atom is -0.376 e. The van der Waals surface area contributed by atoms with E-state index in [9.17, 15) is 9.18 Å². The second-order valence-electron chi connectivity index (χ2n) is 8.99. The monoisotopic (exact) mass is 495 g/mol. The second-order valence-corrected chi connectivity index (χ2v) is 9.93. The summed E-state index contributed by atoms with van der Waals surface area (Å²) in [6.45, 7) is 3.53. The summed E-state index contributed by atoms with van der Waals surface area (Å²) >= 11 is 1.34. The van der Waals surface area contributed by atoms with Crippen molar-refractivity contribution in [3.05, 3.63) is 54.3 Å². The fourth-order valence-electron chi connectivity index (χ4n) is 4.60. The van der Waals surface area contributed by atoms with Crippen LogP contribution in [0.1, 0.15) is 32.1 Å². The van der Waals surface area contributed by atoms with E-state index in [1.807, 2.05) is 16.7 Å². The first-order chi connectivity index (χ1) is 17.2. The Kier molecular flexibility index (Phi) is 7.63. The van der Waals surface area contributed by atoms with Gasteiger partial charge in [-0.25, -0.2) is 4.39 Å². The number of ether oxygens (including phenoxy) is 1. The molecule has 1 amide bonds.